The second kappa shape index (κ2) is 8.90. The largest absolute Gasteiger partial charge is 0.352 e. The highest BCUT2D eigenvalue weighted by molar-refractivity contribution is 5.75. The Morgan fingerprint density at radius 2 is 1.86 bits per heavy atom. The Morgan fingerprint density at radius 3 is 2.62 bits per heavy atom. The van der Waals surface area contributed by atoms with Gasteiger partial charge in [0.1, 0.15) is 18.2 Å². The van der Waals surface area contributed by atoms with E-state index in [-0.39, 0.29) is 30.0 Å². The summed E-state index contributed by atoms with van der Waals surface area (Å²) in [7, 11) is 0. The molecule has 1 amide bonds. The third-order valence-corrected chi connectivity index (χ3v) is 5.85. The molecule has 1 saturated heterocycles. The van der Waals surface area contributed by atoms with E-state index in [0.29, 0.717) is 6.54 Å². The number of piperidine rings is 1. The Morgan fingerprint density at radius 1 is 1.10 bits per heavy atom. The van der Waals surface area contributed by atoms with Crippen LogP contribution in [0.2, 0.25) is 0 Å². The summed E-state index contributed by atoms with van der Waals surface area (Å²) in [5.41, 5.74) is 0.916. The summed E-state index contributed by atoms with van der Waals surface area (Å²) in [5, 5.41) is 7.43. The maximum atomic E-state index is 13.0. The lowest BCUT2D eigenvalue weighted by atomic mass is 10.0. The van der Waals surface area contributed by atoms with Gasteiger partial charge < -0.3 is 5.32 Å². The van der Waals surface area contributed by atoms with Crippen molar-refractivity contribution < 1.29 is 9.18 Å². The van der Waals surface area contributed by atoms with Crippen molar-refractivity contribution in [1.82, 2.24) is 24.6 Å². The highest BCUT2D eigenvalue weighted by Crippen LogP contribution is 2.15. The number of amides is 1. The molecule has 4 rings (SSSR count). The van der Waals surface area contributed by atoms with Gasteiger partial charge in [-0.25, -0.2) is 13.9 Å². The van der Waals surface area contributed by atoms with Crippen LogP contribution < -0.4 is 11.0 Å². The molecule has 0 radical (unpaired) electrons. The summed E-state index contributed by atoms with van der Waals surface area (Å²) in [6.07, 6.45) is 5.67. The molecule has 29 heavy (non-hydrogen) atoms. The zero-order chi connectivity index (χ0) is 20.2. The molecule has 1 N–H and O–H groups in total. The van der Waals surface area contributed by atoms with Gasteiger partial charge in [-0.3, -0.25) is 14.3 Å². The van der Waals surface area contributed by atoms with Crippen LogP contribution in [-0.4, -0.2) is 44.3 Å². The van der Waals surface area contributed by atoms with Gasteiger partial charge >= 0.3 is 5.69 Å². The number of aryl methyl sites for hydroxylation is 1. The normalized spacial score (nSPS) is 18.2. The van der Waals surface area contributed by atoms with E-state index in [4.69, 9.17) is 0 Å². The second-order valence-corrected chi connectivity index (χ2v) is 8.06. The quantitative estimate of drug-likeness (QED) is 0.828. The molecule has 1 aromatic carbocycles. The molecule has 7 nitrogen and oxygen atoms in total. The molecule has 8 heteroatoms. The van der Waals surface area contributed by atoms with Gasteiger partial charge in [0.05, 0.1) is 0 Å². The average molecular weight is 401 g/mol. The number of hydrogen-bond donors (Lipinski definition) is 1. The summed E-state index contributed by atoms with van der Waals surface area (Å²) >= 11 is 0. The molecule has 1 aromatic heterocycles. The Kier molecular flexibility index (Phi) is 6.08. The predicted molar refractivity (Wildman–Crippen MR) is 107 cm³/mol. The third kappa shape index (κ3) is 4.93. The molecular formula is C21H28FN5O2. The van der Waals surface area contributed by atoms with Gasteiger partial charge in [-0.2, -0.15) is 5.10 Å². The van der Waals surface area contributed by atoms with Crippen LogP contribution >= 0.6 is 0 Å². The molecule has 0 bridgehead atoms. The standard InChI is InChI=1S/C21H28FN5O2/c22-17-7-5-16(6-8-17)14-25-12-9-18(10-13-25)23-20(28)15-27-21(29)26-11-3-1-2-4-19(26)24-27/h5-8,18H,1-4,9-15H2,(H,23,28). The maximum Gasteiger partial charge on any atom is 0.346 e. The number of halogens is 1. The lowest BCUT2D eigenvalue weighted by Gasteiger charge is -2.32. The zero-order valence-corrected chi connectivity index (χ0v) is 16.6. The monoisotopic (exact) mass is 401 g/mol. The topological polar surface area (TPSA) is 72.2 Å². The molecule has 0 unspecified atom stereocenters. The number of nitrogens with one attached hydrogen (secondary N) is 1. The highest BCUT2D eigenvalue weighted by Gasteiger charge is 2.22. The van der Waals surface area contributed by atoms with Crippen LogP contribution in [0.5, 0.6) is 0 Å². The van der Waals surface area contributed by atoms with Crippen molar-refractivity contribution >= 4 is 5.91 Å². The smallest absolute Gasteiger partial charge is 0.346 e. The number of carbonyl (C=O) groups is 1. The molecular weight excluding hydrogens is 373 g/mol. The first-order valence-corrected chi connectivity index (χ1v) is 10.5. The zero-order valence-electron chi connectivity index (χ0n) is 16.6. The molecule has 0 saturated carbocycles. The predicted octanol–water partition coefficient (Wildman–Crippen LogP) is 1.69. The van der Waals surface area contributed by atoms with E-state index in [1.165, 1.54) is 16.8 Å². The van der Waals surface area contributed by atoms with Crippen molar-refractivity contribution in [3.8, 4) is 0 Å². The molecule has 0 aliphatic carbocycles. The summed E-state index contributed by atoms with van der Waals surface area (Å²) in [6, 6.07) is 6.71. The van der Waals surface area contributed by atoms with Crippen LogP contribution in [0.1, 0.15) is 43.5 Å². The van der Waals surface area contributed by atoms with Gasteiger partial charge in [0.15, 0.2) is 0 Å². The van der Waals surface area contributed by atoms with E-state index in [9.17, 15) is 14.0 Å². The van der Waals surface area contributed by atoms with E-state index in [0.717, 1.165) is 69.5 Å². The van der Waals surface area contributed by atoms with E-state index in [1.54, 1.807) is 4.57 Å². The van der Waals surface area contributed by atoms with E-state index >= 15 is 0 Å². The van der Waals surface area contributed by atoms with E-state index < -0.39 is 0 Å². The van der Waals surface area contributed by atoms with Gasteiger partial charge in [-0.15, -0.1) is 0 Å². The molecule has 0 atom stereocenters. The van der Waals surface area contributed by atoms with Gasteiger partial charge in [-0.1, -0.05) is 18.6 Å². The Balaban J connectivity index is 1.26. The van der Waals surface area contributed by atoms with Gasteiger partial charge in [0, 0.05) is 38.6 Å². The highest BCUT2D eigenvalue weighted by atomic mass is 19.1. The molecule has 1 fully saturated rings. The molecule has 2 aromatic rings. The van der Waals surface area contributed by atoms with E-state index in [2.05, 4.69) is 15.3 Å². The van der Waals surface area contributed by atoms with Crippen molar-refractivity contribution in [2.45, 2.75) is 64.2 Å². The Labute approximate surface area is 169 Å². The number of likely N-dealkylation sites (tertiary alicyclic amines) is 1. The fraction of sp³-hybridized carbons (Fsp3) is 0.571. The molecule has 2 aliphatic heterocycles. The summed E-state index contributed by atoms with van der Waals surface area (Å²) in [4.78, 5) is 27.2. The van der Waals surface area contributed by atoms with Gasteiger partial charge in [0.2, 0.25) is 5.91 Å². The van der Waals surface area contributed by atoms with E-state index in [1.807, 2.05) is 12.1 Å². The first-order chi connectivity index (χ1) is 14.1. The van der Waals surface area contributed by atoms with Crippen LogP contribution in [0.25, 0.3) is 0 Å². The summed E-state index contributed by atoms with van der Waals surface area (Å²) in [6.45, 7) is 3.22. The van der Waals surface area contributed by atoms with Crippen molar-refractivity contribution in [3.63, 3.8) is 0 Å². The fourth-order valence-corrected chi connectivity index (χ4v) is 4.22. The van der Waals surface area contributed by atoms with Crippen LogP contribution in [-0.2, 0) is 30.8 Å². The molecule has 0 spiro atoms. The number of carbonyl (C=O) groups excluding carboxylic acids is 1. The summed E-state index contributed by atoms with van der Waals surface area (Å²) < 4.78 is 16.0. The lowest BCUT2D eigenvalue weighted by molar-refractivity contribution is -0.122. The maximum absolute atomic E-state index is 13.0. The average Bonchev–Trinajstić information content (AvgIpc) is 2.87. The van der Waals surface area contributed by atoms with Crippen molar-refractivity contribution in [3.05, 3.63) is 52.0 Å². The third-order valence-electron chi connectivity index (χ3n) is 5.85. The SMILES string of the molecule is O=C(Cn1nc2n(c1=O)CCCCC2)NC1CCN(Cc2ccc(F)cc2)CC1. The first kappa shape index (κ1) is 19.8. The van der Waals surface area contributed by atoms with Gasteiger partial charge in [0.25, 0.3) is 0 Å². The van der Waals surface area contributed by atoms with Crippen LogP contribution in [0.15, 0.2) is 29.1 Å². The second-order valence-electron chi connectivity index (χ2n) is 8.06. The fourth-order valence-electron chi connectivity index (χ4n) is 4.22. The number of rotatable bonds is 5. The minimum Gasteiger partial charge on any atom is -0.352 e. The van der Waals surface area contributed by atoms with Gasteiger partial charge in [-0.05, 0) is 43.4 Å². The Hall–Kier alpha value is -2.48. The number of benzene rings is 1. The summed E-state index contributed by atoms with van der Waals surface area (Å²) in [5.74, 6) is 0.426. The molecule has 3 heterocycles. The first-order valence-electron chi connectivity index (χ1n) is 10.5. The number of fused-ring (bicyclic) bond motifs is 1. The van der Waals surface area contributed by atoms with Crippen molar-refractivity contribution in [1.29, 1.82) is 0 Å². The Bertz CT molecular complexity index is 897. The number of hydrogen-bond acceptors (Lipinski definition) is 4. The molecule has 2 aliphatic rings. The van der Waals surface area contributed by atoms with Crippen LogP contribution in [0.3, 0.4) is 0 Å². The molecule has 156 valence electrons. The van der Waals surface area contributed by atoms with Crippen molar-refractivity contribution in [2.75, 3.05) is 13.1 Å². The number of nitrogens with zero attached hydrogens (tertiary/aromatic N) is 4. The van der Waals surface area contributed by atoms with Crippen LogP contribution in [0.4, 0.5) is 4.39 Å². The lowest BCUT2D eigenvalue weighted by Crippen LogP contribution is -2.46. The van der Waals surface area contributed by atoms with Crippen molar-refractivity contribution in [2.24, 2.45) is 0 Å². The van der Waals surface area contributed by atoms with Crippen LogP contribution in [0, 0.1) is 5.82 Å². The minimum absolute atomic E-state index is 0.0192. The number of aromatic nitrogens is 3. The minimum atomic E-state index is -0.219.